The van der Waals surface area contributed by atoms with E-state index in [0.717, 1.165) is 50.0 Å². The summed E-state index contributed by atoms with van der Waals surface area (Å²) in [5.74, 6) is 1.42. The highest BCUT2D eigenvalue weighted by atomic mass is 16.1. The van der Waals surface area contributed by atoms with E-state index in [2.05, 4.69) is 31.3 Å². The number of aliphatic imine (C=N–C) groups is 1. The van der Waals surface area contributed by atoms with Gasteiger partial charge in [-0.1, -0.05) is 96.1 Å². The fourth-order valence-corrected chi connectivity index (χ4v) is 5.04. The van der Waals surface area contributed by atoms with Crippen LogP contribution >= 0.6 is 0 Å². The van der Waals surface area contributed by atoms with Gasteiger partial charge in [0.15, 0.2) is 5.84 Å². The third kappa shape index (κ3) is 14.7. The molecular weight excluding hydrogens is 406 g/mol. The van der Waals surface area contributed by atoms with Crippen LogP contribution in [0.25, 0.3) is 0 Å². The van der Waals surface area contributed by atoms with Crippen LogP contribution in [0.1, 0.15) is 130 Å². The van der Waals surface area contributed by atoms with Gasteiger partial charge in [-0.25, -0.2) is 4.99 Å². The molecule has 0 aromatic heterocycles. The molecule has 0 saturated carbocycles. The molecule has 0 aromatic carbocycles. The average Bonchev–Trinajstić information content (AvgIpc) is 3.21. The van der Waals surface area contributed by atoms with Crippen molar-refractivity contribution < 1.29 is 9.28 Å². The van der Waals surface area contributed by atoms with Gasteiger partial charge in [0.25, 0.3) is 0 Å². The molecule has 192 valence electrons. The lowest BCUT2D eigenvalue weighted by Crippen LogP contribution is -2.54. The first-order chi connectivity index (χ1) is 16.1. The van der Waals surface area contributed by atoms with Gasteiger partial charge in [-0.3, -0.25) is 9.28 Å². The lowest BCUT2D eigenvalue weighted by atomic mass is 10.0. The Balaban J connectivity index is 1.96. The van der Waals surface area contributed by atoms with Gasteiger partial charge in [0, 0.05) is 13.3 Å². The summed E-state index contributed by atoms with van der Waals surface area (Å²) in [6.45, 7) is 11.0. The van der Waals surface area contributed by atoms with Crippen LogP contribution in [0, 0.1) is 0 Å². The molecule has 0 aliphatic carbocycles. The number of hydrogen-bond donors (Lipinski definition) is 1. The summed E-state index contributed by atoms with van der Waals surface area (Å²) in [5.41, 5.74) is 0. The van der Waals surface area contributed by atoms with E-state index < -0.39 is 0 Å². The van der Waals surface area contributed by atoms with Crippen LogP contribution in [0.2, 0.25) is 0 Å². The maximum Gasteiger partial charge on any atom is 0.217 e. The van der Waals surface area contributed by atoms with Crippen LogP contribution in [-0.4, -0.2) is 48.9 Å². The second-order valence-corrected chi connectivity index (χ2v) is 10.1. The Labute approximate surface area is 206 Å². The molecule has 4 nitrogen and oxygen atoms in total. The number of unbranched alkanes of at least 4 members (excludes halogenated alkanes) is 14. The van der Waals surface area contributed by atoms with Crippen molar-refractivity contribution in [2.45, 2.75) is 130 Å². The molecule has 1 atom stereocenters. The van der Waals surface area contributed by atoms with E-state index in [9.17, 15) is 4.79 Å². The zero-order valence-corrected chi connectivity index (χ0v) is 22.5. The number of nitrogens with one attached hydrogen (secondary N) is 1. The number of amides is 1. The van der Waals surface area contributed by atoms with Crippen LogP contribution in [-0.2, 0) is 4.79 Å². The smallest absolute Gasteiger partial charge is 0.217 e. The van der Waals surface area contributed by atoms with E-state index in [1.807, 2.05) is 0 Å². The van der Waals surface area contributed by atoms with E-state index >= 15 is 0 Å². The van der Waals surface area contributed by atoms with Gasteiger partial charge >= 0.3 is 0 Å². The molecule has 0 saturated heterocycles. The lowest BCUT2D eigenvalue weighted by Gasteiger charge is -2.33. The molecule has 0 spiro atoms. The van der Waals surface area contributed by atoms with Crippen LogP contribution in [0.3, 0.4) is 0 Å². The number of rotatable bonds is 22. The van der Waals surface area contributed by atoms with Crippen molar-refractivity contribution >= 4 is 11.7 Å². The number of allylic oxidation sites excluding steroid dienone is 2. The molecule has 0 radical (unpaired) electrons. The highest BCUT2D eigenvalue weighted by Crippen LogP contribution is 2.19. The monoisotopic (exact) mass is 462 g/mol. The normalized spacial score (nSPS) is 18.2. The summed E-state index contributed by atoms with van der Waals surface area (Å²) in [5, 5.41) is 2.96. The molecule has 1 aliphatic heterocycles. The lowest BCUT2D eigenvalue weighted by molar-refractivity contribution is -0.833. The van der Waals surface area contributed by atoms with Gasteiger partial charge < -0.3 is 5.32 Å². The molecule has 1 N–H and O–H groups in total. The summed E-state index contributed by atoms with van der Waals surface area (Å²) in [6, 6.07) is 0. The van der Waals surface area contributed by atoms with E-state index in [1.54, 1.807) is 6.92 Å². The van der Waals surface area contributed by atoms with Crippen molar-refractivity contribution in [3.05, 3.63) is 12.2 Å². The summed E-state index contributed by atoms with van der Waals surface area (Å²) < 4.78 is 0.975. The highest BCUT2D eigenvalue weighted by Gasteiger charge is 2.35. The van der Waals surface area contributed by atoms with Gasteiger partial charge in [0.2, 0.25) is 5.91 Å². The molecule has 1 aliphatic rings. The maximum absolute atomic E-state index is 11.2. The summed E-state index contributed by atoms with van der Waals surface area (Å²) in [6.07, 6.45) is 28.0. The molecular formula is C29H56N3O+. The topological polar surface area (TPSA) is 41.5 Å². The quantitative estimate of drug-likeness (QED) is 0.101. The summed E-state index contributed by atoms with van der Waals surface area (Å²) in [7, 11) is 0. The molecule has 0 aromatic rings. The Kier molecular flexibility index (Phi) is 18.3. The van der Waals surface area contributed by atoms with Crippen LogP contribution in [0.5, 0.6) is 0 Å². The second kappa shape index (κ2) is 20.2. The third-order valence-electron chi connectivity index (χ3n) is 7.30. The summed E-state index contributed by atoms with van der Waals surface area (Å²) >= 11 is 0. The van der Waals surface area contributed by atoms with Crippen molar-refractivity contribution in [3.63, 3.8) is 0 Å². The number of quaternary nitrogens is 1. The maximum atomic E-state index is 11.2. The van der Waals surface area contributed by atoms with E-state index in [1.165, 1.54) is 102 Å². The fourth-order valence-electron chi connectivity index (χ4n) is 5.04. The molecule has 4 heteroatoms. The van der Waals surface area contributed by atoms with Gasteiger partial charge in [-0.2, -0.15) is 0 Å². The van der Waals surface area contributed by atoms with Crippen LogP contribution in [0.4, 0.5) is 0 Å². The van der Waals surface area contributed by atoms with Gasteiger partial charge in [0.05, 0.1) is 19.6 Å². The molecule has 1 unspecified atom stereocenters. The minimum Gasteiger partial charge on any atom is -0.351 e. The Morgan fingerprint density at radius 3 is 1.94 bits per heavy atom. The zero-order valence-electron chi connectivity index (χ0n) is 22.5. The highest BCUT2D eigenvalue weighted by molar-refractivity contribution is 5.77. The van der Waals surface area contributed by atoms with Crippen LogP contribution in [0.15, 0.2) is 17.1 Å². The SMILES string of the molecule is CCCCCCCCCCCCCCC/C=C/CCCC1=NCC[N+]1(CC)CCNC(C)=O. The number of amidine groups is 1. The molecule has 1 heterocycles. The molecule has 33 heavy (non-hydrogen) atoms. The predicted molar refractivity (Wildman–Crippen MR) is 145 cm³/mol. The number of carbonyl (C=O) groups is 1. The molecule has 1 rings (SSSR count). The molecule has 1 amide bonds. The standard InChI is InChI=1S/C29H55N3O/c1-4-6-7-8-9-10-11-12-13-14-15-16-17-18-19-20-21-22-23-29-31-25-27-32(29,5-2)26-24-30-28(3)33/h19-20H,4-18,21-27H2,1-3H3/p+1/b20-19+. The van der Waals surface area contributed by atoms with Gasteiger partial charge in [-0.15, -0.1) is 0 Å². The zero-order chi connectivity index (χ0) is 24.0. The third-order valence-corrected chi connectivity index (χ3v) is 7.30. The van der Waals surface area contributed by atoms with Crippen molar-refractivity contribution in [2.24, 2.45) is 4.99 Å². The Morgan fingerprint density at radius 1 is 0.848 bits per heavy atom. The molecule has 0 bridgehead atoms. The number of likely N-dealkylation sites (N-methyl/N-ethyl adjacent to an activating group) is 1. The minimum atomic E-state index is 0.0653. The Hall–Kier alpha value is -1.16. The largest absolute Gasteiger partial charge is 0.351 e. The van der Waals surface area contributed by atoms with Crippen LogP contribution < -0.4 is 5.32 Å². The number of carbonyl (C=O) groups excluding carboxylic acids is 1. The van der Waals surface area contributed by atoms with E-state index in [4.69, 9.17) is 4.99 Å². The van der Waals surface area contributed by atoms with Gasteiger partial charge in [0.1, 0.15) is 13.1 Å². The van der Waals surface area contributed by atoms with Crippen molar-refractivity contribution in [3.8, 4) is 0 Å². The first-order valence-corrected chi connectivity index (χ1v) is 14.4. The van der Waals surface area contributed by atoms with Crippen molar-refractivity contribution in [1.29, 1.82) is 0 Å². The summed E-state index contributed by atoms with van der Waals surface area (Å²) in [4.78, 5) is 16.0. The number of nitrogens with zero attached hydrogens (tertiary/aromatic N) is 2. The van der Waals surface area contributed by atoms with E-state index in [0.29, 0.717) is 0 Å². The van der Waals surface area contributed by atoms with E-state index in [-0.39, 0.29) is 5.91 Å². The average molecular weight is 463 g/mol. The number of hydrogen-bond acceptors (Lipinski definition) is 2. The molecule has 0 fully saturated rings. The van der Waals surface area contributed by atoms with Gasteiger partial charge in [-0.05, 0) is 32.6 Å². The minimum absolute atomic E-state index is 0.0653. The first-order valence-electron chi connectivity index (χ1n) is 14.4. The second-order valence-electron chi connectivity index (χ2n) is 10.1. The van der Waals surface area contributed by atoms with Crippen molar-refractivity contribution in [1.82, 2.24) is 5.32 Å². The predicted octanol–water partition coefficient (Wildman–Crippen LogP) is 7.58. The van der Waals surface area contributed by atoms with Crippen molar-refractivity contribution in [2.75, 3.05) is 32.7 Å². The fraction of sp³-hybridized carbons (Fsp3) is 0.862. The Morgan fingerprint density at radius 2 is 1.39 bits per heavy atom. The first kappa shape index (κ1) is 29.9. The Bertz CT molecular complexity index is 543.